The van der Waals surface area contributed by atoms with Crippen LogP contribution >= 0.6 is 0 Å². The SMILES string of the molecule is CC(C(=O)Oc1ccc(-c2ccc(F)cc2)c(F)c1)C(=O)Oc1ccc(-c2cc(F)c(-c3cc(F)c(C#N)c(F)c3)c(F)c2)c(F)c1. The van der Waals surface area contributed by atoms with Crippen LogP contribution in [-0.2, 0) is 9.59 Å². The van der Waals surface area contributed by atoms with Gasteiger partial charge in [0.1, 0.15) is 63.9 Å². The molecule has 0 bridgehead atoms. The van der Waals surface area contributed by atoms with Crippen LogP contribution in [0.15, 0.2) is 84.9 Å². The van der Waals surface area contributed by atoms with E-state index < -0.39 is 75.3 Å². The van der Waals surface area contributed by atoms with Gasteiger partial charge in [-0.05, 0) is 84.3 Å². The van der Waals surface area contributed by atoms with Crippen molar-refractivity contribution in [3.8, 4) is 50.9 Å². The molecular formula is C35H18F7NO4. The summed E-state index contributed by atoms with van der Waals surface area (Å²) in [7, 11) is 0. The van der Waals surface area contributed by atoms with E-state index >= 15 is 4.39 Å². The van der Waals surface area contributed by atoms with Gasteiger partial charge < -0.3 is 9.47 Å². The molecule has 0 amide bonds. The molecule has 0 aromatic heterocycles. The van der Waals surface area contributed by atoms with E-state index in [1.165, 1.54) is 30.3 Å². The van der Waals surface area contributed by atoms with Gasteiger partial charge in [0.2, 0.25) is 0 Å². The molecule has 0 saturated carbocycles. The number of hydrogen-bond donors (Lipinski definition) is 0. The summed E-state index contributed by atoms with van der Waals surface area (Å²) in [6.45, 7) is 1.14. The van der Waals surface area contributed by atoms with E-state index in [4.69, 9.17) is 14.7 Å². The van der Waals surface area contributed by atoms with Gasteiger partial charge in [-0.2, -0.15) is 5.26 Å². The van der Waals surface area contributed by atoms with Crippen LogP contribution in [0.2, 0.25) is 0 Å². The predicted molar refractivity (Wildman–Crippen MR) is 154 cm³/mol. The Hall–Kier alpha value is -5.96. The average molecular weight is 650 g/mol. The third-order valence-corrected chi connectivity index (χ3v) is 6.98. The van der Waals surface area contributed by atoms with E-state index in [0.29, 0.717) is 17.7 Å². The van der Waals surface area contributed by atoms with Gasteiger partial charge in [0.05, 0.1) is 5.56 Å². The molecule has 0 saturated heterocycles. The zero-order chi connectivity index (χ0) is 34.0. The van der Waals surface area contributed by atoms with E-state index in [1.807, 2.05) is 0 Å². The van der Waals surface area contributed by atoms with Crippen molar-refractivity contribution in [3.63, 3.8) is 0 Å². The van der Waals surface area contributed by atoms with Crippen molar-refractivity contribution in [1.29, 1.82) is 5.26 Å². The molecule has 5 aromatic carbocycles. The maximum absolute atomic E-state index is 15.0. The Morgan fingerprint density at radius 2 is 1.02 bits per heavy atom. The summed E-state index contributed by atoms with van der Waals surface area (Å²) in [6.07, 6.45) is 0. The molecule has 0 fully saturated rings. The summed E-state index contributed by atoms with van der Waals surface area (Å²) in [5, 5.41) is 8.80. The summed E-state index contributed by atoms with van der Waals surface area (Å²) in [5.74, 6) is -12.0. The summed E-state index contributed by atoms with van der Waals surface area (Å²) in [5.41, 5.74) is -2.40. The van der Waals surface area contributed by atoms with Gasteiger partial charge in [0.25, 0.3) is 0 Å². The van der Waals surface area contributed by atoms with Crippen LogP contribution < -0.4 is 9.47 Å². The number of halogens is 7. The monoisotopic (exact) mass is 649 g/mol. The molecule has 0 spiro atoms. The molecule has 5 aromatic rings. The lowest BCUT2D eigenvalue weighted by molar-refractivity contribution is -0.150. The second kappa shape index (κ2) is 13.2. The highest BCUT2D eigenvalue weighted by Gasteiger charge is 2.27. The molecule has 5 rings (SSSR count). The molecule has 5 nitrogen and oxygen atoms in total. The predicted octanol–water partition coefficient (Wildman–Crippen LogP) is 8.68. The second-order valence-electron chi connectivity index (χ2n) is 10.1. The van der Waals surface area contributed by atoms with E-state index in [2.05, 4.69) is 0 Å². The Morgan fingerprint density at radius 1 is 0.574 bits per heavy atom. The highest BCUT2D eigenvalue weighted by molar-refractivity contribution is 5.96. The largest absolute Gasteiger partial charge is 0.426 e. The summed E-state index contributed by atoms with van der Waals surface area (Å²) < 4.78 is 111. The Labute approximate surface area is 262 Å². The number of hydrogen-bond acceptors (Lipinski definition) is 5. The van der Waals surface area contributed by atoms with Crippen LogP contribution in [0.1, 0.15) is 12.5 Å². The Bertz CT molecular complexity index is 2050. The molecule has 0 aliphatic carbocycles. The maximum atomic E-state index is 15.0. The summed E-state index contributed by atoms with van der Waals surface area (Å²) in [4.78, 5) is 25.1. The Balaban J connectivity index is 1.28. The number of carbonyl (C=O) groups excluding carboxylic acids is 2. The fourth-order valence-electron chi connectivity index (χ4n) is 4.55. The van der Waals surface area contributed by atoms with E-state index in [9.17, 15) is 35.9 Å². The molecule has 236 valence electrons. The molecule has 0 N–H and O–H groups in total. The van der Waals surface area contributed by atoms with Gasteiger partial charge in [-0.1, -0.05) is 12.1 Å². The zero-order valence-corrected chi connectivity index (χ0v) is 23.9. The van der Waals surface area contributed by atoms with Crippen LogP contribution in [0.5, 0.6) is 11.5 Å². The lowest BCUT2D eigenvalue weighted by atomic mass is 9.97. The number of rotatable bonds is 7. The fourth-order valence-corrected chi connectivity index (χ4v) is 4.55. The number of nitriles is 1. The number of esters is 2. The highest BCUT2D eigenvalue weighted by atomic mass is 19.2. The van der Waals surface area contributed by atoms with Gasteiger partial charge in [-0.15, -0.1) is 0 Å². The molecule has 0 aliphatic heterocycles. The van der Waals surface area contributed by atoms with Crippen molar-refractivity contribution < 1.29 is 49.8 Å². The van der Waals surface area contributed by atoms with Gasteiger partial charge in [-0.25, -0.2) is 30.7 Å². The first-order valence-corrected chi connectivity index (χ1v) is 13.5. The maximum Gasteiger partial charge on any atom is 0.325 e. The minimum atomic E-state index is -1.55. The Kier molecular flexibility index (Phi) is 9.10. The smallest absolute Gasteiger partial charge is 0.325 e. The quantitative estimate of drug-likeness (QED) is 0.0764. The fraction of sp³-hybridized carbons (Fsp3) is 0.0571. The van der Waals surface area contributed by atoms with Crippen molar-refractivity contribution in [2.75, 3.05) is 0 Å². The van der Waals surface area contributed by atoms with Crippen LogP contribution in [0.4, 0.5) is 30.7 Å². The molecule has 1 unspecified atom stereocenters. The molecule has 0 aliphatic rings. The molecule has 0 heterocycles. The van der Waals surface area contributed by atoms with Crippen LogP contribution in [0.3, 0.4) is 0 Å². The first-order valence-electron chi connectivity index (χ1n) is 13.5. The van der Waals surface area contributed by atoms with E-state index in [-0.39, 0.29) is 28.2 Å². The lowest BCUT2D eigenvalue weighted by Gasteiger charge is -2.13. The van der Waals surface area contributed by atoms with Crippen LogP contribution in [-0.4, -0.2) is 11.9 Å². The first kappa shape index (κ1) is 32.4. The lowest BCUT2D eigenvalue weighted by Crippen LogP contribution is -2.29. The highest BCUT2D eigenvalue weighted by Crippen LogP contribution is 2.35. The van der Waals surface area contributed by atoms with Crippen molar-refractivity contribution in [2.45, 2.75) is 6.92 Å². The molecule has 47 heavy (non-hydrogen) atoms. The van der Waals surface area contributed by atoms with Crippen molar-refractivity contribution in [2.24, 2.45) is 5.92 Å². The van der Waals surface area contributed by atoms with Gasteiger partial charge in [-0.3, -0.25) is 9.59 Å². The average Bonchev–Trinajstić information content (AvgIpc) is 3.01. The summed E-state index contributed by atoms with van der Waals surface area (Å²) >= 11 is 0. The molecule has 0 radical (unpaired) electrons. The number of nitrogens with zero attached hydrogens (tertiary/aromatic N) is 1. The van der Waals surface area contributed by atoms with Crippen molar-refractivity contribution in [1.82, 2.24) is 0 Å². The normalized spacial score (nSPS) is 11.5. The topological polar surface area (TPSA) is 76.4 Å². The standard InChI is InChI=1S/C35H18F7NO4/c1-17(34(44)46-22-6-8-24(29(39)14-22)18-2-4-21(36)5-3-18)35(45)47-23-7-9-25(30(40)15-23)19-10-31(41)33(32(42)11-19)20-12-27(37)26(16-43)28(38)13-20/h2-15,17H,1H3. The van der Waals surface area contributed by atoms with Gasteiger partial charge in [0.15, 0.2) is 5.92 Å². The minimum absolute atomic E-state index is 0.112. The van der Waals surface area contributed by atoms with E-state index in [0.717, 1.165) is 55.5 Å². The molecule has 1 atom stereocenters. The van der Waals surface area contributed by atoms with Crippen molar-refractivity contribution >= 4 is 11.9 Å². The third kappa shape index (κ3) is 6.84. The minimum Gasteiger partial charge on any atom is -0.426 e. The number of carbonyl (C=O) groups is 2. The Morgan fingerprint density at radius 3 is 1.47 bits per heavy atom. The van der Waals surface area contributed by atoms with Gasteiger partial charge >= 0.3 is 11.9 Å². The van der Waals surface area contributed by atoms with E-state index in [1.54, 1.807) is 0 Å². The first-order chi connectivity index (χ1) is 22.4. The second-order valence-corrected chi connectivity index (χ2v) is 10.1. The number of benzene rings is 5. The number of ether oxygens (including phenoxy) is 2. The van der Waals surface area contributed by atoms with Crippen molar-refractivity contribution in [3.05, 3.63) is 131 Å². The molecular weight excluding hydrogens is 631 g/mol. The molecule has 12 heteroatoms. The van der Waals surface area contributed by atoms with Crippen LogP contribution in [0.25, 0.3) is 33.4 Å². The zero-order valence-electron chi connectivity index (χ0n) is 23.9. The third-order valence-electron chi connectivity index (χ3n) is 6.98. The van der Waals surface area contributed by atoms with Gasteiger partial charge in [0, 0.05) is 23.3 Å². The summed E-state index contributed by atoms with van der Waals surface area (Å²) in [6, 6.07) is 15.3. The van der Waals surface area contributed by atoms with Crippen LogP contribution in [0, 0.1) is 58.0 Å².